The number of carbonyl (C=O) groups excluding carboxylic acids is 2. The summed E-state index contributed by atoms with van der Waals surface area (Å²) >= 11 is 0. The molecule has 0 unspecified atom stereocenters. The van der Waals surface area contributed by atoms with Crippen LogP contribution in [0.2, 0.25) is 0 Å². The van der Waals surface area contributed by atoms with Crippen molar-refractivity contribution in [3.63, 3.8) is 0 Å². The lowest BCUT2D eigenvalue weighted by Gasteiger charge is -2.50. The molecular weight excluding hydrogens is 420 g/mol. The van der Waals surface area contributed by atoms with E-state index in [4.69, 9.17) is 0 Å². The fourth-order valence-electron chi connectivity index (χ4n) is 9.39. The van der Waals surface area contributed by atoms with Crippen LogP contribution in [-0.4, -0.2) is 23.9 Å². The first-order valence-corrected chi connectivity index (χ1v) is 13.3. The van der Waals surface area contributed by atoms with Crippen LogP contribution in [0.1, 0.15) is 76.3 Å². The smallest absolute Gasteiger partial charge is 0.224 e. The third-order valence-electron chi connectivity index (χ3n) is 10.6. The summed E-state index contributed by atoms with van der Waals surface area (Å²) in [6.45, 7) is 3.41. The summed E-state index contributed by atoms with van der Waals surface area (Å²) < 4.78 is 0. The molecular formula is C30H34N2O2. The second-order valence-corrected chi connectivity index (χ2v) is 11.6. The molecule has 0 saturated heterocycles. The predicted molar refractivity (Wildman–Crippen MR) is 134 cm³/mol. The molecule has 4 nitrogen and oxygen atoms in total. The van der Waals surface area contributed by atoms with Gasteiger partial charge >= 0.3 is 0 Å². The molecule has 2 aromatic rings. The first-order chi connectivity index (χ1) is 16.5. The number of carbonyl (C=O) groups is 2. The second-order valence-electron chi connectivity index (χ2n) is 11.6. The number of benzene rings is 2. The molecule has 0 aromatic heterocycles. The number of nitrogens with zero attached hydrogens (tertiary/aromatic N) is 2. The van der Waals surface area contributed by atoms with E-state index in [1.54, 1.807) is 13.8 Å². The maximum absolute atomic E-state index is 11.9. The summed E-state index contributed by atoms with van der Waals surface area (Å²) in [7, 11) is 0. The van der Waals surface area contributed by atoms with Crippen LogP contribution in [0.4, 0.5) is 11.4 Å². The van der Waals surface area contributed by atoms with E-state index in [0.717, 1.165) is 11.8 Å². The Kier molecular flexibility index (Phi) is 4.24. The molecule has 2 amide bonds. The Labute approximate surface area is 202 Å². The number of amides is 2. The lowest BCUT2D eigenvalue weighted by atomic mass is 9.56. The molecule has 4 heteroatoms. The Morgan fingerprint density at radius 2 is 1.12 bits per heavy atom. The van der Waals surface area contributed by atoms with Gasteiger partial charge in [-0.2, -0.15) is 0 Å². The minimum Gasteiger partial charge on any atom is -0.308 e. The van der Waals surface area contributed by atoms with Crippen LogP contribution in [0.15, 0.2) is 48.5 Å². The van der Waals surface area contributed by atoms with Gasteiger partial charge in [0.1, 0.15) is 0 Å². The third kappa shape index (κ3) is 2.30. The highest BCUT2D eigenvalue weighted by atomic mass is 16.2. The Morgan fingerprint density at radius 1 is 0.706 bits per heavy atom. The van der Waals surface area contributed by atoms with Crippen molar-refractivity contribution in [2.45, 2.75) is 88.1 Å². The molecule has 2 heterocycles. The van der Waals surface area contributed by atoms with Crippen LogP contribution in [0.5, 0.6) is 0 Å². The Bertz CT molecular complexity index is 1110. The molecule has 176 valence electrons. The van der Waals surface area contributed by atoms with Crippen LogP contribution < -0.4 is 9.80 Å². The summed E-state index contributed by atoms with van der Waals surface area (Å²) in [6.07, 6.45) is 10.4. The van der Waals surface area contributed by atoms with Gasteiger partial charge in [0.05, 0.1) is 0 Å². The Hall–Kier alpha value is -2.62. The average Bonchev–Trinajstić information content (AvgIpc) is 3.46. The third-order valence-corrected chi connectivity index (χ3v) is 10.6. The highest BCUT2D eigenvalue weighted by Crippen LogP contribution is 2.67. The lowest BCUT2D eigenvalue weighted by Crippen LogP contribution is -2.58. The van der Waals surface area contributed by atoms with Crippen molar-refractivity contribution in [2.24, 2.45) is 11.8 Å². The van der Waals surface area contributed by atoms with E-state index in [2.05, 4.69) is 58.3 Å². The van der Waals surface area contributed by atoms with Gasteiger partial charge in [0.25, 0.3) is 0 Å². The Morgan fingerprint density at radius 3 is 1.50 bits per heavy atom. The number of fused-ring (bicyclic) bond motifs is 2. The molecule has 0 bridgehead atoms. The maximum Gasteiger partial charge on any atom is 0.224 e. The van der Waals surface area contributed by atoms with Gasteiger partial charge in [-0.05, 0) is 73.6 Å². The van der Waals surface area contributed by atoms with Crippen molar-refractivity contribution in [1.82, 2.24) is 0 Å². The molecule has 6 aliphatic rings. The predicted octanol–water partition coefficient (Wildman–Crippen LogP) is 5.73. The monoisotopic (exact) mass is 454 g/mol. The van der Waals surface area contributed by atoms with Crippen molar-refractivity contribution in [2.75, 3.05) is 9.80 Å². The molecule has 4 saturated carbocycles. The highest BCUT2D eigenvalue weighted by molar-refractivity contribution is 5.97. The number of hydrogen-bond donors (Lipinski definition) is 0. The van der Waals surface area contributed by atoms with Gasteiger partial charge in [-0.25, -0.2) is 0 Å². The van der Waals surface area contributed by atoms with Gasteiger partial charge in [-0.15, -0.1) is 0 Å². The zero-order valence-corrected chi connectivity index (χ0v) is 20.3. The lowest BCUT2D eigenvalue weighted by molar-refractivity contribution is -0.118. The fourth-order valence-corrected chi connectivity index (χ4v) is 9.39. The number of anilines is 2. The van der Waals surface area contributed by atoms with Crippen molar-refractivity contribution in [3.8, 4) is 0 Å². The van der Waals surface area contributed by atoms with Crippen LogP contribution >= 0.6 is 0 Å². The molecule has 8 rings (SSSR count). The number of hydrogen-bond acceptors (Lipinski definition) is 2. The second kappa shape index (κ2) is 6.96. The van der Waals surface area contributed by atoms with E-state index in [1.807, 2.05) is 0 Å². The summed E-state index contributed by atoms with van der Waals surface area (Å²) in [6, 6.07) is 18.0. The van der Waals surface area contributed by atoms with E-state index in [9.17, 15) is 9.59 Å². The first-order valence-electron chi connectivity index (χ1n) is 13.3. The van der Waals surface area contributed by atoms with Gasteiger partial charge in [0.2, 0.25) is 11.8 Å². The number of rotatable bonds is 0. The normalized spacial score (nSPS) is 37.1. The molecule has 4 aliphatic carbocycles. The quantitative estimate of drug-likeness (QED) is 0.510. The van der Waals surface area contributed by atoms with Crippen molar-refractivity contribution >= 4 is 23.2 Å². The van der Waals surface area contributed by atoms with E-state index < -0.39 is 0 Å². The van der Waals surface area contributed by atoms with Crippen LogP contribution in [0, 0.1) is 11.8 Å². The maximum atomic E-state index is 11.9. The first kappa shape index (κ1) is 20.7. The molecule has 0 N–H and O–H groups in total. The molecule has 0 radical (unpaired) electrons. The SMILES string of the molecule is CC(=O)N1c2ccccc2[C@@]23CCC[C@@H]2C[C@@H]13.CC(=O)N1c2ccccc2[C@]23CCC[C@H]2C[C@H]13. The molecule has 2 aliphatic heterocycles. The van der Waals surface area contributed by atoms with E-state index in [-0.39, 0.29) is 11.8 Å². The van der Waals surface area contributed by atoms with Crippen LogP contribution in [-0.2, 0) is 20.4 Å². The average molecular weight is 455 g/mol. The van der Waals surface area contributed by atoms with Crippen molar-refractivity contribution in [1.29, 1.82) is 0 Å². The number of para-hydroxylation sites is 2. The van der Waals surface area contributed by atoms with Gasteiger partial charge < -0.3 is 9.80 Å². The van der Waals surface area contributed by atoms with E-state index in [1.165, 1.54) is 73.9 Å². The van der Waals surface area contributed by atoms with Crippen molar-refractivity contribution in [3.05, 3.63) is 59.7 Å². The van der Waals surface area contributed by atoms with Gasteiger partial charge in [0.15, 0.2) is 0 Å². The topological polar surface area (TPSA) is 40.6 Å². The molecule has 6 atom stereocenters. The minimum absolute atomic E-state index is 0.213. The van der Waals surface area contributed by atoms with Gasteiger partial charge in [-0.3, -0.25) is 9.59 Å². The zero-order valence-electron chi connectivity index (χ0n) is 20.3. The summed E-state index contributed by atoms with van der Waals surface area (Å²) in [5.74, 6) is 2.09. The standard InChI is InChI=1S/2C15H17NO/c2*1-10(17)16-13-7-3-2-6-12(13)15-8-4-5-11(15)9-14(15)16/h2*2-3,6-7,11,14H,4-5,8-9H2,1H3/t2*11-,14-,15-/m10/s1. The summed E-state index contributed by atoms with van der Waals surface area (Å²) in [5, 5.41) is 0. The summed E-state index contributed by atoms with van der Waals surface area (Å²) in [4.78, 5) is 28.0. The van der Waals surface area contributed by atoms with Crippen molar-refractivity contribution < 1.29 is 9.59 Å². The van der Waals surface area contributed by atoms with E-state index >= 15 is 0 Å². The van der Waals surface area contributed by atoms with Gasteiger partial charge in [-0.1, -0.05) is 49.2 Å². The molecule has 2 aromatic carbocycles. The van der Waals surface area contributed by atoms with Gasteiger partial charge in [0, 0.05) is 48.1 Å². The minimum atomic E-state index is 0.213. The zero-order chi connectivity index (χ0) is 23.2. The largest absolute Gasteiger partial charge is 0.308 e. The van der Waals surface area contributed by atoms with Crippen LogP contribution in [0.25, 0.3) is 0 Å². The van der Waals surface area contributed by atoms with E-state index in [0.29, 0.717) is 22.9 Å². The fraction of sp³-hybridized carbons (Fsp3) is 0.533. The molecule has 2 spiro atoms. The van der Waals surface area contributed by atoms with Crippen LogP contribution in [0.3, 0.4) is 0 Å². The Balaban J connectivity index is 0.000000118. The molecule has 4 fully saturated rings. The summed E-state index contributed by atoms with van der Waals surface area (Å²) in [5.41, 5.74) is 5.96. The highest BCUT2D eigenvalue weighted by Gasteiger charge is 2.66. The molecule has 34 heavy (non-hydrogen) atoms.